The Labute approximate surface area is 145 Å². The monoisotopic (exact) mass is 343 g/mol. The summed E-state index contributed by atoms with van der Waals surface area (Å²) < 4.78 is 7.38. The molecule has 3 rings (SSSR count). The molecule has 0 fully saturated rings. The Morgan fingerprint density at radius 1 is 1.40 bits per heavy atom. The van der Waals surface area contributed by atoms with Gasteiger partial charge >= 0.3 is 0 Å². The van der Waals surface area contributed by atoms with Gasteiger partial charge < -0.3 is 20.7 Å². The first-order chi connectivity index (χ1) is 12.0. The van der Waals surface area contributed by atoms with Gasteiger partial charge in [-0.25, -0.2) is 0 Å². The Balaban J connectivity index is 1.59. The van der Waals surface area contributed by atoms with Crippen LogP contribution < -0.4 is 20.7 Å². The number of hydrogen-bond acceptors (Lipinski definition) is 5. The number of carbonyl (C=O) groups excluding carboxylic acids is 2. The van der Waals surface area contributed by atoms with Crippen molar-refractivity contribution in [1.82, 2.24) is 15.1 Å². The molecular formula is C17H21N5O3. The Kier molecular flexibility index (Phi) is 4.99. The molecule has 1 atom stereocenters. The predicted molar refractivity (Wildman–Crippen MR) is 92.2 cm³/mol. The third kappa shape index (κ3) is 3.97. The van der Waals surface area contributed by atoms with Crippen LogP contribution in [-0.2, 0) is 16.1 Å². The van der Waals surface area contributed by atoms with Gasteiger partial charge in [0.05, 0.1) is 31.5 Å². The van der Waals surface area contributed by atoms with Crippen molar-refractivity contribution in [2.45, 2.75) is 19.6 Å². The number of ether oxygens (including phenoxy) is 1. The topological polar surface area (TPSA) is 102 Å². The number of hydrogen-bond donors (Lipinski definition) is 2. The molecule has 1 aromatic heterocycles. The number of aryl methyl sites for hydroxylation is 1. The van der Waals surface area contributed by atoms with Crippen LogP contribution in [0.1, 0.15) is 5.56 Å². The summed E-state index contributed by atoms with van der Waals surface area (Å²) in [5.41, 5.74) is 7.09. The van der Waals surface area contributed by atoms with Crippen LogP contribution in [-0.4, -0.2) is 47.3 Å². The maximum atomic E-state index is 12.6. The molecule has 2 amide bonds. The van der Waals surface area contributed by atoms with Crippen LogP contribution in [0, 0.1) is 6.92 Å². The van der Waals surface area contributed by atoms with Crippen LogP contribution in [0.4, 0.5) is 5.69 Å². The predicted octanol–water partition coefficient (Wildman–Crippen LogP) is 0.0606. The maximum Gasteiger partial charge on any atom is 0.260 e. The third-order valence-corrected chi connectivity index (χ3v) is 3.95. The highest BCUT2D eigenvalue weighted by Crippen LogP contribution is 2.32. The summed E-state index contributed by atoms with van der Waals surface area (Å²) in [4.78, 5) is 25.6. The number of anilines is 1. The largest absolute Gasteiger partial charge is 0.477 e. The normalized spacial score (nSPS) is 16.2. The highest BCUT2D eigenvalue weighted by molar-refractivity contribution is 5.98. The van der Waals surface area contributed by atoms with Crippen molar-refractivity contribution in [2.75, 3.05) is 24.5 Å². The highest BCUT2D eigenvalue weighted by Gasteiger charge is 2.32. The van der Waals surface area contributed by atoms with Crippen LogP contribution in [0.5, 0.6) is 5.75 Å². The van der Waals surface area contributed by atoms with E-state index < -0.39 is 12.0 Å². The maximum absolute atomic E-state index is 12.6. The minimum atomic E-state index is -0.842. The zero-order valence-electron chi connectivity index (χ0n) is 14.0. The fraction of sp³-hybridized carbons (Fsp3) is 0.353. The molecule has 2 aromatic rings. The number of rotatable bonds is 6. The molecule has 8 heteroatoms. The van der Waals surface area contributed by atoms with Crippen LogP contribution in [0.15, 0.2) is 36.7 Å². The lowest BCUT2D eigenvalue weighted by Crippen LogP contribution is -2.51. The smallest absolute Gasteiger partial charge is 0.260 e. The number of carbonyl (C=O) groups is 2. The highest BCUT2D eigenvalue weighted by atomic mass is 16.5. The lowest BCUT2D eigenvalue weighted by Gasteiger charge is -2.33. The molecule has 1 aliphatic rings. The van der Waals surface area contributed by atoms with Crippen molar-refractivity contribution in [2.24, 2.45) is 5.73 Å². The standard InChI is InChI=1S/C17H21N5O3/c1-12-8-20-21(10-12)7-6-19-9-16(23)22-11-15(17(18)24)25-14-5-3-2-4-13(14)22/h2-5,8,10,15,19H,6-7,9,11H2,1H3,(H2,18,24)/t15-/m0/s1. The zero-order chi connectivity index (χ0) is 17.8. The van der Waals surface area contributed by atoms with Gasteiger partial charge in [-0.05, 0) is 24.6 Å². The fourth-order valence-electron chi connectivity index (χ4n) is 2.69. The molecule has 0 aliphatic carbocycles. The van der Waals surface area contributed by atoms with Crippen molar-refractivity contribution < 1.29 is 14.3 Å². The van der Waals surface area contributed by atoms with Crippen molar-refractivity contribution in [3.8, 4) is 5.75 Å². The molecule has 0 saturated heterocycles. The molecule has 0 bridgehead atoms. The van der Waals surface area contributed by atoms with Crippen molar-refractivity contribution in [1.29, 1.82) is 0 Å². The summed E-state index contributed by atoms with van der Waals surface area (Å²) >= 11 is 0. The van der Waals surface area contributed by atoms with Gasteiger partial charge in [0.2, 0.25) is 5.91 Å². The van der Waals surface area contributed by atoms with E-state index >= 15 is 0 Å². The van der Waals surface area contributed by atoms with Crippen molar-refractivity contribution in [3.05, 3.63) is 42.2 Å². The van der Waals surface area contributed by atoms with Gasteiger partial charge in [-0.3, -0.25) is 14.3 Å². The quantitative estimate of drug-likeness (QED) is 0.722. The second kappa shape index (κ2) is 7.35. The minimum absolute atomic E-state index is 0.116. The van der Waals surface area contributed by atoms with Crippen LogP contribution >= 0.6 is 0 Å². The van der Waals surface area contributed by atoms with Gasteiger partial charge in [0.1, 0.15) is 5.75 Å². The number of amides is 2. The average molecular weight is 343 g/mol. The number of primary amides is 1. The van der Waals surface area contributed by atoms with E-state index in [0.717, 1.165) is 5.56 Å². The van der Waals surface area contributed by atoms with Crippen LogP contribution in [0.25, 0.3) is 0 Å². The second-order valence-electron chi connectivity index (χ2n) is 5.94. The molecule has 3 N–H and O–H groups in total. The van der Waals surface area contributed by atoms with Gasteiger partial charge in [0, 0.05) is 12.7 Å². The van der Waals surface area contributed by atoms with E-state index in [4.69, 9.17) is 10.5 Å². The summed E-state index contributed by atoms with van der Waals surface area (Å²) in [6, 6.07) is 7.12. The molecule has 8 nitrogen and oxygen atoms in total. The van der Waals surface area contributed by atoms with E-state index in [1.165, 1.54) is 0 Å². The number of para-hydroxylation sites is 2. The summed E-state index contributed by atoms with van der Waals surface area (Å²) in [7, 11) is 0. The molecule has 0 radical (unpaired) electrons. The second-order valence-corrected chi connectivity index (χ2v) is 5.94. The minimum Gasteiger partial charge on any atom is -0.477 e. The molecule has 2 heterocycles. The number of nitrogens with two attached hydrogens (primary N) is 1. The number of fused-ring (bicyclic) bond motifs is 1. The Morgan fingerprint density at radius 2 is 2.20 bits per heavy atom. The van der Waals surface area contributed by atoms with Gasteiger partial charge in [0.15, 0.2) is 6.10 Å². The molecule has 1 aromatic carbocycles. The Bertz CT molecular complexity index is 773. The molecule has 0 saturated carbocycles. The summed E-state index contributed by atoms with van der Waals surface area (Å²) in [5, 5.41) is 7.30. The summed E-state index contributed by atoms with van der Waals surface area (Å²) in [5.74, 6) is -0.245. The lowest BCUT2D eigenvalue weighted by molar-refractivity contribution is -0.125. The first-order valence-corrected chi connectivity index (χ1v) is 8.10. The van der Waals surface area contributed by atoms with E-state index in [9.17, 15) is 9.59 Å². The van der Waals surface area contributed by atoms with E-state index in [1.54, 1.807) is 29.3 Å². The van der Waals surface area contributed by atoms with Gasteiger partial charge in [-0.2, -0.15) is 5.10 Å². The summed E-state index contributed by atoms with van der Waals surface area (Å²) in [6.07, 6.45) is 2.89. The van der Waals surface area contributed by atoms with Gasteiger partial charge in [0.25, 0.3) is 5.91 Å². The molecule has 1 aliphatic heterocycles. The molecular weight excluding hydrogens is 322 g/mol. The van der Waals surface area contributed by atoms with Crippen molar-refractivity contribution in [3.63, 3.8) is 0 Å². The van der Waals surface area contributed by atoms with E-state index in [0.29, 0.717) is 24.5 Å². The molecule has 0 unspecified atom stereocenters. The number of aromatic nitrogens is 2. The van der Waals surface area contributed by atoms with Crippen LogP contribution in [0.3, 0.4) is 0 Å². The average Bonchev–Trinajstić information content (AvgIpc) is 3.02. The van der Waals surface area contributed by atoms with E-state index in [1.807, 2.05) is 23.9 Å². The lowest BCUT2D eigenvalue weighted by atomic mass is 10.1. The SMILES string of the molecule is Cc1cnn(CCNCC(=O)N2C[C@@H](C(N)=O)Oc3ccccc32)c1. The fourth-order valence-corrected chi connectivity index (χ4v) is 2.69. The van der Waals surface area contributed by atoms with Gasteiger partial charge in [-0.15, -0.1) is 0 Å². The molecule has 132 valence electrons. The molecule has 25 heavy (non-hydrogen) atoms. The van der Waals surface area contributed by atoms with Crippen LogP contribution in [0.2, 0.25) is 0 Å². The van der Waals surface area contributed by atoms with E-state index in [-0.39, 0.29) is 19.0 Å². The molecule has 0 spiro atoms. The number of benzene rings is 1. The van der Waals surface area contributed by atoms with E-state index in [2.05, 4.69) is 10.4 Å². The summed E-state index contributed by atoms with van der Waals surface area (Å²) in [6.45, 7) is 3.53. The third-order valence-electron chi connectivity index (χ3n) is 3.95. The van der Waals surface area contributed by atoms with Gasteiger partial charge in [-0.1, -0.05) is 12.1 Å². The first kappa shape index (κ1) is 17.0. The Morgan fingerprint density at radius 3 is 2.92 bits per heavy atom. The zero-order valence-corrected chi connectivity index (χ0v) is 14.0. The van der Waals surface area contributed by atoms with Crippen molar-refractivity contribution >= 4 is 17.5 Å². The number of nitrogens with one attached hydrogen (secondary N) is 1. The number of nitrogens with zero attached hydrogens (tertiary/aromatic N) is 3. The first-order valence-electron chi connectivity index (χ1n) is 8.10. The Hall–Kier alpha value is -2.87.